The molecule has 3 atom stereocenters. The fourth-order valence-corrected chi connectivity index (χ4v) is 6.44. The summed E-state index contributed by atoms with van der Waals surface area (Å²) in [6.45, 7) is 6.31. The fourth-order valence-electron chi connectivity index (χ4n) is 6.44. The lowest BCUT2D eigenvalue weighted by atomic mass is 10.0. The number of allylic oxidation sites excluding steroid dienone is 6. The van der Waals surface area contributed by atoms with Crippen LogP contribution in [-0.2, 0) is 14.3 Å². The second-order valence-corrected chi connectivity index (χ2v) is 14.7. The van der Waals surface area contributed by atoms with Crippen LogP contribution in [0.5, 0.6) is 0 Å². The van der Waals surface area contributed by atoms with Gasteiger partial charge in [0.2, 0.25) is 5.91 Å². The van der Waals surface area contributed by atoms with Crippen molar-refractivity contribution in [2.24, 2.45) is 0 Å². The molecular formula is C45H83NO5. The summed E-state index contributed by atoms with van der Waals surface area (Å²) >= 11 is 0. The van der Waals surface area contributed by atoms with Gasteiger partial charge in [0.05, 0.1) is 25.2 Å². The van der Waals surface area contributed by atoms with E-state index in [1.54, 1.807) is 0 Å². The van der Waals surface area contributed by atoms with Gasteiger partial charge in [0.1, 0.15) is 6.10 Å². The van der Waals surface area contributed by atoms with Crippen molar-refractivity contribution in [3.8, 4) is 0 Å². The molecule has 6 nitrogen and oxygen atoms in total. The van der Waals surface area contributed by atoms with Gasteiger partial charge in [-0.25, -0.2) is 0 Å². The Morgan fingerprint density at radius 3 is 1.61 bits per heavy atom. The van der Waals surface area contributed by atoms with Crippen molar-refractivity contribution in [1.29, 1.82) is 0 Å². The molecule has 0 rings (SSSR count). The number of hydrogen-bond donors (Lipinski definition) is 3. The highest BCUT2D eigenvalue weighted by Gasteiger charge is 2.24. The van der Waals surface area contributed by atoms with Crippen LogP contribution >= 0.6 is 0 Å². The van der Waals surface area contributed by atoms with E-state index >= 15 is 0 Å². The van der Waals surface area contributed by atoms with Gasteiger partial charge in [-0.3, -0.25) is 9.59 Å². The highest BCUT2D eigenvalue weighted by molar-refractivity contribution is 5.77. The van der Waals surface area contributed by atoms with E-state index in [0.717, 1.165) is 89.9 Å². The standard InChI is InChI=1S/C45H83NO5/c1-4-7-10-13-16-18-20-21-22-24-26-29-32-35-38-45(50)51-41(36-33-30-27-15-12-9-6-3)39-44(49)46-42(40-47)43(48)37-34-31-28-25-23-19-17-14-11-8-5-2/h7,10,16,18,21-22,41-43,47-48H,4-6,8-9,11-15,17,19-20,23-40H2,1-3H3,(H,46,49)/b10-7+,18-16+,22-21+. The first-order valence-electron chi connectivity index (χ1n) is 21.7. The minimum absolute atomic E-state index is 0.0696. The summed E-state index contributed by atoms with van der Waals surface area (Å²) in [5.41, 5.74) is 0. The van der Waals surface area contributed by atoms with E-state index < -0.39 is 18.2 Å². The van der Waals surface area contributed by atoms with Gasteiger partial charge in [-0.2, -0.15) is 0 Å². The number of nitrogens with one attached hydrogen (secondary N) is 1. The summed E-state index contributed by atoms with van der Waals surface area (Å²) in [7, 11) is 0. The van der Waals surface area contributed by atoms with E-state index in [0.29, 0.717) is 19.3 Å². The van der Waals surface area contributed by atoms with Crippen molar-refractivity contribution in [3.05, 3.63) is 36.5 Å². The predicted octanol–water partition coefficient (Wildman–Crippen LogP) is 12.2. The summed E-state index contributed by atoms with van der Waals surface area (Å²) in [4.78, 5) is 25.8. The summed E-state index contributed by atoms with van der Waals surface area (Å²) in [6, 6.07) is -0.699. The third kappa shape index (κ3) is 34.9. The van der Waals surface area contributed by atoms with Crippen molar-refractivity contribution >= 4 is 11.9 Å². The molecule has 0 fully saturated rings. The van der Waals surface area contributed by atoms with Crippen LogP contribution < -0.4 is 5.32 Å². The quantitative estimate of drug-likeness (QED) is 0.0336. The van der Waals surface area contributed by atoms with Gasteiger partial charge in [0, 0.05) is 6.42 Å². The maximum atomic E-state index is 13.0. The predicted molar refractivity (Wildman–Crippen MR) is 218 cm³/mol. The number of rotatable bonds is 38. The second kappa shape index (κ2) is 39.3. The largest absolute Gasteiger partial charge is 0.462 e. The molecule has 0 radical (unpaired) electrons. The molecule has 0 bridgehead atoms. The van der Waals surface area contributed by atoms with Crippen molar-refractivity contribution in [2.45, 2.75) is 232 Å². The van der Waals surface area contributed by atoms with Crippen molar-refractivity contribution in [2.75, 3.05) is 6.61 Å². The number of unbranched alkanes of at least 4 members (excludes halogenated alkanes) is 20. The lowest BCUT2D eigenvalue weighted by molar-refractivity contribution is -0.151. The van der Waals surface area contributed by atoms with E-state index in [2.05, 4.69) is 62.5 Å². The van der Waals surface area contributed by atoms with Gasteiger partial charge in [0.25, 0.3) is 0 Å². The summed E-state index contributed by atoms with van der Waals surface area (Å²) in [5, 5.41) is 23.5. The van der Waals surface area contributed by atoms with E-state index in [1.807, 2.05) is 0 Å². The zero-order valence-electron chi connectivity index (χ0n) is 33.7. The van der Waals surface area contributed by atoms with Crippen molar-refractivity contribution < 1.29 is 24.5 Å². The molecule has 0 aromatic carbocycles. The summed E-state index contributed by atoms with van der Waals surface area (Å²) < 4.78 is 5.85. The molecule has 0 aliphatic carbocycles. The third-order valence-corrected chi connectivity index (χ3v) is 9.73. The maximum absolute atomic E-state index is 13.0. The Bertz CT molecular complexity index is 854. The van der Waals surface area contributed by atoms with E-state index in [-0.39, 0.29) is 24.9 Å². The SMILES string of the molecule is CC/C=C/C/C=C/C/C=C/CCCCCCC(=O)OC(CCCCCCCCC)CC(=O)NC(CO)C(O)CCCCCCCCCCCCC. The van der Waals surface area contributed by atoms with Crippen LogP contribution in [0.25, 0.3) is 0 Å². The number of esters is 1. The summed E-state index contributed by atoms with van der Waals surface area (Å²) in [6.07, 6.45) is 43.5. The van der Waals surface area contributed by atoms with Crippen LogP contribution in [0.2, 0.25) is 0 Å². The average Bonchev–Trinajstić information content (AvgIpc) is 3.12. The first-order valence-corrected chi connectivity index (χ1v) is 21.7. The van der Waals surface area contributed by atoms with Crippen LogP contribution in [0, 0.1) is 0 Å². The molecule has 0 saturated heterocycles. The number of aliphatic hydroxyl groups is 2. The van der Waals surface area contributed by atoms with Crippen LogP contribution in [0.1, 0.15) is 213 Å². The molecule has 3 N–H and O–H groups in total. The topological polar surface area (TPSA) is 95.9 Å². The second-order valence-electron chi connectivity index (χ2n) is 14.7. The van der Waals surface area contributed by atoms with Gasteiger partial charge < -0.3 is 20.3 Å². The van der Waals surface area contributed by atoms with E-state index in [9.17, 15) is 19.8 Å². The van der Waals surface area contributed by atoms with E-state index in [1.165, 1.54) is 77.0 Å². The zero-order valence-corrected chi connectivity index (χ0v) is 33.7. The molecule has 298 valence electrons. The molecule has 0 heterocycles. The van der Waals surface area contributed by atoms with Crippen LogP contribution in [0.15, 0.2) is 36.5 Å². The van der Waals surface area contributed by atoms with Gasteiger partial charge in [-0.05, 0) is 57.8 Å². The van der Waals surface area contributed by atoms with Crippen LogP contribution in [0.4, 0.5) is 0 Å². The monoisotopic (exact) mass is 718 g/mol. The highest BCUT2D eigenvalue weighted by atomic mass is 16.5. The van der Waals surface area contributed by atoms with E-state index in [4.69, 9.17) is 4.74 Å². The molecule has 6 heteroatoms. The molecule has 0 aliphatic rings. The van der Waals surface area contributed by atoms with Gasteiger partial charge in [-0.15, -0.1) is 0 Å². The molecule has 0 aliphatic heterocycles. The Labute approximate surface area is 315 Å². The lowest BCUT2D eigenvalue weighted by Crippen LogP contribution is -2.46. The number of ether oxygens (including phenoxy) is 1. The molecule has 51 heavy (non-hydrogen) atoms. The molecule has 0 aromatic heterocycles. The number of carbonyl (C=O) groups excluding carboxylic acids is 2. The third-order valence-electron chi connectivity index (χ3n) is 9.73. The van der Waals surface area contributed by atoms with Crippen molar-refractivity contribution in [1.82, 2.24) is 5.32 Å². The molecule has 0 saturated carbocycles. The maximum Gasteiger partial charge on any atom is 0.306 e. The average molecular weight is 718 g/mol. The Hall–Kier alpha value is -1.92. The Morgan fingerprint density at radius 2 is 1.06 bits per heavy atom. The first-order chi connectivity index (χ1) is 25.0. The molecule has 1 amide bonds. The smallest absolute Gasteiger partial charge is 0.306 e. The first kappa shape index (κ1) is 49.1. The number of hydrogen-bond acceptors (Lipinski definition) is 5. The van der Waals surface area contributed by atoms with Gasteiger partial charge >= 0.3 is 5.97 Å². The minimum atomic E-state index is -0.785. The Kier molecular flexibility index (Phi) is 37.8. The Morgan fingerprint density at radius 1 is 0.588 bits per heavy atom. The van der Waals surface area contributed by atoms with Gasteiger partial charge in [-0.1, -0.05) is 179 Å². The highest BCUT2D eigenvalue weighted by Crippen LogP contribution is 2.17. The zero-order chi connectivity index (χ0) is 37.5. The minimum Gasteiger partial charge on any atom is -0.462 e. The number of amides is 1. The molecule has 0 aromatic rings. The van der Waals surface area contributed by atoms with Gasteiger partial charge in [0.15, 0.2) is 0 Å². The molecular weight excluding hydrogens is 634 g/mol. The Balaban J connectivity index is 4.50. The normalized spacial score (nSPS) is 13.7. The molecule has 3 unspecified atom stereocenters. The molecule has 0 spiro atoms. The number of carbonyl (C=O) groups is 2. The summed E-state index contributed by atoms with van der Waals surface area (Å²) in [5.74, 6) is -0.504. The number of aliphatic hydroxyl groups excluding tert-OH is 2. The van der Waals surface area contributed by atoms with Crippen LogP contribution in [-0.4, -0.2) is 46.9 Å². The fraction of sp³-hybridized carbons (Fsp3) is 0.822. The van der Waals surface area contributed by atoms with Crippen molar-refractivity contribution in [3.63, 3.8) is 0 Å². The van der Waals surface area contributed by atoms with Crippen LogP contribution in [0.3, 0.4) is 0 Å². The lowest BCUT2D eigenvalue weighted by Gasteiger charge is -2.24.